The molecular weight excluding hydrogens is 258 g/mol. The Morgan fingerprint density at radius 1 is 1.32 bits per heavy atom. The second kappa shape index (κ2) is 5.93. The lowest BCUT2D eigenvalue weighted by atomic mass is 10.1. The number of anilines is 2. The molecule has 1 heterocycles. The third-order valence-electron chi connectivity index (χ3n) is 3.05. The smallest absolute Gasteiger partial charge is 0.185 e. The van der Waals surface area contributed by atoms with E-state index >= 15 is 0 Å². The quantitative estimate of drug-likeness (QED) is 0.852. The zero-order chi connectivity index (χ0) is 13.8. The number of hydrogen-bond acceptors (Lipinski definition) is 5. The molecule has 2 rings (SSSR count). The van der Waals surface area contributed by atoms with Crippen molar-refractivity contribution in [1.29, 1.82) is 0 Å². The standard InChI is InChI=1S/C14H19N3OS/c1-4-17(5-2)14-16-12(9-19-14)10-6-7-13(18-3)11(15)8-10/h6-9H,4-5,15H2,1-3H3. The summed E-state index contributed by atoms with van der Waals surface area (Å²) in [7, 11) is 1.62. The Bertz CT molecular complexity index is 549. The zero-order valence-corrected chi connectivity index (χ0v) is 12.3. The number of aromatic nitrogens is 1. The van der Waals surface area contributed by atoms with Crippen molar-refractivity contribution in [2.75, 3.05) is 30.8 Å². The monoisotopic (exact) mass is 277 g/mol. The van der Waals surface area contributed by atoms with Gasteiger partial charge < -0.3 is 15.4 Å². The number of rotatable bonds is 5. The fraction of sp³-hybridized carbons (Fsp3) is 0.357. The van der Waals surface area contributed by atoms with Gasteiger partial charge in [0.25, 0.3) is 0 Å². The molecule has 0 amide bonds. The van der Waals surface area contributed by atoms with Crippen molar-refractivity contribution in [1.82, 2.24) is 4.98 Å². The first-order valence-corrected chi connectivity index (χ1v) is 7.21. The zero-order valence-electron chi connectivity index (χ0n) is 11.5. The Labute approximate surface area is 117 Å². The molecule has 5 heteroatoms. The molecule has 0 aliphatic rings. The number of nitrogen functional groups attached to an aromatic ring is 1. The van der Waals surface area contributed by atoms with Crippen LogP contribution in [0.5, 0.6) is 5.75 Å². The van der Waals surface area contributed by atoms with E-state index in [-0.39, 0.29) is 0 Å². The molecule has 0 fully saturated rings. The van der Waals surface area contributed by atoms with Crippen LogP contribution in [-0.4, -0.2) is 25.2 Å². The Morgan fingerprint density at radius 2 is 2.05 bits per heavy atom. The summed E-state index contributed by atoms with van der Waals surface area (Å²) in [6.45, 7) is 6.20. The van der Waals surface area contributed by atoms with Gasteiger partial charge in [0.05, 0.1) is 18.5 Å². The van der Waals surface area contributed by atoms with Crippen LogP contribution in [0.3, 0.4) is 0 Å². The van der Waals surface area contributed by atoms with E-state index in [0.717, 1.165) is 29.5 Å². The Kier molecular flexibility index (Phi) is 4.27. The third kappa shape index (κ3) is 2.81. The second-order valence-corrected chi connectivity index (χ2v) is 4.98. The molecule has 0 saturated carbocycles. The number of benzene rings is 1. The van der Waals surface area contributed by atoms with Gasteiger partial charge in [-0.2, -0.15) is 0 Å². The highest BCUT2D eigenvalue weighted by Gasteiger charge is 2.10. The normalized spacial score (nSPS) is 10.5. The lowest BCUT2D eigenvalue weighted by Gasteiger charge is -2.16. The van der Waals surface area contributed by atoms with Gasteiger partial charge >= 0.3 is 0 Å². The van der Waals surface area contributed by atoms with Crippen LogP contribution in [0.2, 0.25) is 0 Å². The molecule has 0 saturated heterocycles. The van der Waals surface area contributed by atoms with E-state index in [1.54, 1.807) is 18.4 Å². The van der Waals surface area contributed by atoms with Crippen molar-refractivity contribution in [3.05, 3.63) is 23.6 Å². The molecule has 4 nitrogen and oxygen atoms in total. The summed E-state index contributed by atoms with van der Waals surface area (Å²) in [6, 6.07) is 5.76. The second-order valence-electron chi connectivity index (χ2n) is 4.14. The minimum absolute atomic E-state index is 0.636. The maximum atomic E-state index is 5.93. The molecule has 2 N–H and O–H groups in total. The number of nitrogens with two attached hydrogens (primary N) is 1. The van der Waals surface area contributed by atoms with E-state index in [1.807, 2.05) is 18.2 Å². The largest absolute Gasteiger partial charge is 0.495 e. The topological polar surface area (TPSA) is 51.4 Å². The summed E-state index contributed by atoms with van der Waals surface area (Å²) in [5.41, 5.74) is 8.55. The van der Waals surface area contributed by atoms with Crippen molar-refractivity contribution in [2.45, 2.75) is 13.8 Å². The number of thiazole rings is 1. The van der Waals surface area contributed by atoms with Gasteiger partial charge in [-0.05, 0) is 32.0 Å². The van der Waals surface area contributed by atoms with Crippen molar-refractivity contribution < 1.29 is 4.74 Å². The Morgan fingerprint density at radius 3 is 2.63 bits per heavy atom. The van der Waals surface area contributed by atoms with Gasteiger partial charge in [0.2, 0.25) is 0 Å². The van der Waals surface area contributed by atoms with E-state index < -0.39 is 0 Å². The summed E-state index contributed by atoms with van der Waals surface area (Å²) < 4.78 is 5.16. The van der Waals surface area contributed by atoms with Gasteiger partial charge in [-0.15, -0.1) is 11.3 Å². The first-order valence-electron chi connectivity index (χ1n) is 6.34. The molecule has 0 aliphatic heterocycles. The summed E-state index contributed by atoms with van der Waals surface area (Å²) in [4.78, 5) is 6.90. The Hall–Kier alpha value is -1.75. The number of ether oxygens (including phenoxy) is 1. The third-order valence-corrected chi connectivity index (χ3v) is 3.95. The molecular formula is C14H19N3OS. The molecule has 0 unspecified atom stereocenters. The molecule has 0 radical (unpaired) electrons. The number of methoxy groups -OCH3 is 1. The van der Waals surface area contributed by atoms with Gasteiger partial charge in [-0.1, -0.05) is 0 Å². The molecule has 102 valence electrons. The lowest BCUT2D eigenvalue weighted by Crippen LogP contribution is -2.21. The van der Waals surface area contributed by atoms with Crippen molar-refractivity contribution in [2.24, 2.45) is 0 Å². The molecule has 2 aromatic rings. The maximum absolute atomic E-state index is 5.93. The van der Waals surface area contributed by atoms with Crippen molar-refractivity contribution >= 4 is 22.2 Å². The van der Waals surface area contributed by atoms with Crippen LogP contribution in [-0.2, 0) is 0 Å². The first-order chi connectivity index (χ1) is 9.19. The fourth-order valence-corrected chi connectivity index (χ4v) is 2.89. The highest BCUT2D eigenvalue weighted by molar-refractivity contribution is 7.14. The van der Waals surface area contributed by atoms with Crippen molar-refractivity contribution in [3.8, 4) is 17.0 Å². The SMILES string of the molecule is CCN(CC)c1nc(-c2ccc(OC)c(N)c2)cs1. The van der Waals surface area contributed by atoms with Crippen LogP contribution in [0.15, 0.2) is 23.6 Å². The van der Waals surface area contributed by atoms with Crippen LogP contribution in [0.4, 0.5) is 10.8 Å². The molecule has 0 spiro atoms. The summed E-state index contributed by atoms with van der Waals surface area (Å²) in [5, 5.41) is 3.11. The first kappa shape index (κ1) is 13.7. The van der Waals surface area contributed by atoms with Crippen LogP contribution in [0, 0.1) is 0 Å². The summed E-state index contributed by atoms with van der Waals surface area (Å²) >= 11 is 1.66. The average molecular weight is 277 g/mol. The lowest BCUT2D eigenvalue weighted by molar-refractivity contribution is 0.417. The molecule has 0 bridgehead atoms. The maximum Gasteiger partial charge on any atom is 0.185 e. The summed E-state index contributed by atoms with van der Waals surface area (Å²) in [6.07, 6.45) is 0. The van der Waals surface area contributed by atoms with E-state index in [1.165, 1.54) is 0 Å². The molecule has 1 aromatic heterocycles. The van der Waals surface area contributed by atoms with E-state index in [0.29, 0.717) is 11.4 Å². The molecule has 0 aliphatic carbocycles. The molecule has 19 heavy (non-hydrogen) atoms. The number of nitrogens with zero attached hydrogens (tertiary/aromatic N) is 2. The predicted molar refractivity (Wildman–Crippen MR) is 82.1 cm³/mol. The van der Waals surface area contributed by atoms with Gasteiger partial charge in [0.1, 0.15) is 5.75 Å². The molecule has 1 aromatic carbocycles. The van der Waals surface area contributed by atoms with Crippen molar-refractivity contribution in [3.63, 3.8) is 0 Å². The Balaban J connectivity index is 2.30. The van der Waals surface area contributed by atoms with Gasteiger partial charge in [-0.25, -0.2) is 4.98 Å². The highest BCUT2D eigenvalue weighted by Crippen LogP contribution is 2.31. The minimum Gasteiger partial charge on any atom is -0.495 e. The van der Waals surface area contributed by atoms with E-state index in [2.05, 4.69) is 29.1 Å². The van der Waals surface area contributed by atoms with Crippen LogP contribution >= 0.6 is 11.3 Å². The van der Waals surface area contributed by atoms with E-state index in [4.69, 9.17) is 10.5 Å². The highest BCUT2D eigenvalue weighted by atomic mass is 32.1. The van der Waals surface area contributed by atoms with Gasteiger partial charge in [-0.3, -0.25) is 0 Å². The van der Waals surface area contributed by atoms with Gasteiger partial charge in [0.15, 0.2) is 5.13 Å². The van der Waals surface area contributed by atoms with E-state index in [9.17, 15) is 0 Å². The molecule has 0 atom stereocenters. The summed E-state index contributed by atoms with van der Waals surface area (Å²) in [5.74, 6) is 0.697. The minimum atomic E-state index is 0.636. The number of hydrogen-bond donors (Lipinski definition) is 1. The average Bonchev–Trinajstić information content (AvgIpc) is 2.90. The van der Waals surface area contributed by atoms with Gasteiger partial charge in [0, 0.05) is 24.0 Å². The predicted octanol–water partition coefficient (Wildman–Crippen LogP) is 3.25. The van der Waals surface area contributed by atoms with Crippen LogP contribution in [0.1, 0.15) is 13.8 Å². The van der Waals surface area contributed by atoms with Crippen LogP contribution < -0.4 is 15.4 Å². The van der Waals surface area contributed by atoms with Crippen LogP contribution in [0.25, 0.3) is 11.3 Å². The fourth-order valence-electron chi connectivity index (χ4n) is 1.93.